The zero-order chi connectivity index (χ0) is 11.5. The summed E-state index contributed by atoms with van der Waals surface area (Å²) < 4.78 is 0. The SMILES string of the molecule is Cc1cccc(NC(=O)N2CC[C@@H](N)C2)c1. The van der Waals surface area contributed by atoms with Crippen molar-refractivity contribution in [3.8, 4) is 0 Å². The minimum atomic E-state index is -0.0569. The number of nitrogens with two attached hydrogens (primary N) is 1. The average Bonchev–Trinajstić information content (AvgIpc) is 2.65. The van der Waals surface area contributed by atoms with Crippen LogP contribution in [0.5, 0.6) is 0 Å². The summed E-state index contributed by atoms with van der Waals surface area (Å²) >= 11 is 0. The molecule has 4 nitrogen and oxygen atoms in total. The fourth-order valence-electron chi connectivity index (χ4n) is 1.90. The molecule has 0 bridgehead atoms. The Labute approximate surface area is 95.4 Å². The Morgan fingerprint density at radius 2 is 2.38 bits per heavy atom. The maximum atomic E-state index is 11.8. The molecular weight excluding hydrogens is 202 g/mol. The second-order valence-electron chi connectivity index (χ2n) is 4.29. The molecule has 2 rings (SSSR count). The van der Waals surface area contributed by atoms with Crippen LogP contribution in [-0.4, -0.2) is 30.1 Å². The van der Waals surface area contributed by atoms with E-state index in [0.29, 0.717) is 6.54 Å². The number of carbonyl (C=O) groups excluding carboxylic acids is 1. The second-order valence-corrected chi connectivity index (χ2v) is 4.29. The average molecular weight is 219 g/mol. The molecule has 2 amide bonds. The van der Waals surface area contributed by atoms with Crippen LogP contribution in [-0.2, 0) is 0 Å². The first-order valence-electron chi connectivity index (χ1n) is 5.53. The van der Waals surface area contributed by atoms with Gasteiger partial charge >= 0.3 is 6.03 Å². The van der Waals surface area contributed by atoms with Gasteiger partial charge in [-0.05, 0) is 31.0 Å². The summed E-state index contributed by atoms with van der Waals surface area (Å²) in [4.78, 5) is 13.6. The minimum Gasteiger partial charge on any atom is -0.326 e. The van der Waals surface area contributed by atoms with E-state index in [4.69, 9.17) is 5.73 Å². The summed E-state index contributed by atoms with van der Waals surface area (Å²) in [7, 11) is 0. The van der Waals surface area contributed by atoms with Crippen molar-refractivity contribution >= 4 is 11.7 Å². The quantitative estimate of drug-likeness (QED) is 0.753. The van der Waals surface area contributed by atoms with E-state index >= 15 is 0 Å². The predicted octanol–water partition coefficient (Wildman–Crippen LogP) is 1.56. The van der Waals surface area contributed by atoms with E-state index in [-0.39, 0.29) is 12.1 Å². The first-order valence-corrected chi connectivity index (χ1v) is 5.53. The number of aryl methyl sites for hydroxylation is 1. The lowest BCUT2D eigenvalue weighted by Gasteiger charge is -2.16. The highest BCUT2D eigenvalue weighted by atomic mass is 16.2. The van der Waals surface area contributed by atoms with Gasteiger partial charge in [-0.1, -0.05) is 12.1 Å². The molecule has 1 fully saturated rings. The maximum absolute atomic E-state index is 11.8. The van der Waals surface area contributed by atoms with Crippen molar-refractivity contribution in [2.45, 2.75) is 19.4 Å². The predicted molar refractivity (Wildman–Crippen MR) is 64.4 cm³/mol. The van der Waals surface area contributed by atoms with E-state index in [2.05, 4.69) is 5.32 Å². The topological polar surface area (TPSA) is 58.4 Å². The maximum Gasteiger partial charge on any atom is 0.321 e. The number of nitrogens with zero attached hydrogens (tertiary/aromatic N) is 1. The normalized spacial score (nSPS) is 19.9. The molecule has 1 aromatic rings. The molecule has 1 aliphatic rings. The molecule has 1 saturated heterocycles. The highest BCUT2D eigenvalue weighted by molar-refractivity contribution is 5.89. The van der Waals surface area contributed by atoms with E-state index < -0.39 is 0 Å². The van der Waals surface area contributed by atoms with Gasteiger partial charge in [-0.2, -0.15) is 0 Å². The number of amides is 2. The Balaban J connectivity index is 1.97. The minimum absolute atomic E-state index is 0.0569. The summed E-state index contributed by atoms with van der Waals surface area (Å²) in [5.41, 5.74) is 7.73. The molecule has 1 aromatic carbocycles. The van der Waals surface area contributed by atoms with Crippen LogP contribution in [0.3, 0.4) is 0 Å². The number of anilines is 1. The standard InChI is InChI=1S/C12H17N3O/c1-9-3-2-4-11(7-9)14-12(16)15-6-5-10(13)8-15/h2-4,7,10H,5-6,8,13H2,1H3,(H,14,16)/t10-/m1/s1. The molecule has 16 heavy (non-hydrogen) atoms. The molecule has 4 heteroatoms. The Hall–Kier alpha value is -1.55. The van der Waals surface area contributed by atoms with Gasteiger partial charge < -0.3 is 16.0 Å². The lowest BCUT2D eigenvalue weighted by Crippen LogP contribution is -2.35. The van der Waals surface area contributed by atoms with Gasteiger partial charge in [-0.25, -0.2) is 4.79 Å². The van der Waals surface area contributed by atoms with E-state index in [9.17, 15) is 4.79 Å². The largest absolute Gasteiger partial charge is 0.326 e. The summed E-state index contributed by atoms with van der Waals surface area (Å²) in [6.07, 6.45) is 0.890. The zero-order valence-electron chi connectivity index (χ0n) is 9.44. The number of nitrogens with one attached hydrogen (secondary N) is 1. The van der Waals surface area contributed by atoms with Crippen LogP contribution in [0.2, 0.25) is 0 Å². The highest BCUT2D eigenvalue weighted by Gasteiger charge is 2.23. The van der Waals surface area contributed by atoms with Gasteiger partial charge in [-0.15, -0.1) is 0 Å². The third kappa shape index (κ3) is 2.52. The fraction of sp³-hybridized carbons (Fsp3) is 0.417. The number of likely N-dealkylation sites (tertiary alicyclic amines) is 1. The zero-order valence-corrected chi connectivity index (χ0v) is 9.44. The van der Waals surface area contributed by atoms with E-state index in [1.54, 1.807) is 4.90 Å². The number of rotatable bonds is 1. The number of urea groups is 1. The third-order valence-corrected chi connectivity index (χ3v) is 2.78. The number of benzene rings is 1. The second kappa shape index (κ2) is 4.53. The van der Waals surface area contributed by atoms with Crippen LogP contribution in [0.25, 0.3) is 0 Å². The van der Waals surface area contributed by atoms with Crippen molar-refractivity contribution < 1.29 is 4.79 Å². The van der Waals surface area contributed by atoms with Gasteiger partial charge in [0.1, 0.15) is 0 Å². The molecule has 86 valence electrons. The molecule has 0 aromatic heterocycles. The van der Waals surface area contributed by atoms with Crippen LogP contribution in [0.1, 0.15) is 12.0 Å². The monoisotopic (exact) mass is 219 g/mol. The highest BCUT2D eigenvalue weighted by Crippen LogP contribution is 2.13. The van der Waals surface area contributed by atoms with E-state index in [0.717, 1.165) is 24.2 Å². The van der Waals surface area contributed by atoms with Gasteiger partial charge in [0.25, 0.3) is 0 Å². The molecule has 0 aliphatic carbocycles. The summed E-state index contributed by atoms with van der Waals surface area (Å²) in [6.45, 7) is 3.40. The van der Waals surface area contributed by atoms with Crippen LogP contribution in [0, 0.1) is 6.92 Å². The summed E-state index contributed by atoms with van der Waals surface area (Å²) in [6, 6.07) is 7.85. The van der Waals surface area contributed by atoms with Crippen LogP contribution in [0.15, 0.2) is 24.3 Å². The molecule has 1 heterocycles. The van der Waals surface area contributed by atoms with Gasteiger partial charge in [0.15, 0.2) is 0 Å². The Bertz CT molecular complexity index is 392. The summed E-state index contributed by atoms with van der Waals surface area (Å²) in [5.74, 6) is 0. The van der Waals surface area contributed by atoms with Gasteiger partial charge in [-0.3, -0.25) is 0 Å². The van der Waals surface area contributed by atoms with Crippen LogP contribution >= 0.6 is 0 Å². The molecule has 0 saturated carbocycles. The number of carbonyl (C=O) groups is 1. The van der Waals surface area contributed by atoms with Gasteiger partial charge in [0, 0.05) is 24.8 Å². The van der Waals surface area contributed by atoms with E-state index in [1.807, 2.05) is 31.2 Å². The van der Waals surface area contributed by atoms with Crippen LogP contribution < -0.4 is 11.1 Å². The Morgan fingerprint density at radius 3 is 3.00 bits per heavy atom. The molecule has 3 N–H and O–H groups in total. The van der Waals surface area contributed by atoms with Gasteiger partial charge in [0.2, 0.25) is 0 Å². The first kappa shape index (κ1) is 11.0. The number of hydrogen-bond acceptors (Lipinski definition) is 2. The van der Waals surface area contributed by atoms with Crippen molar-refractivity contribution in [2.75, 3.05) is 18.4 Å². The summed E-state index contributed by atoms with van der Waals surface area (Å²) in [5, 5.41) is 2.88. The lowest BCUT2D eigenvalue weighted by molar-refractivity contribution is 0.222. The molecule has 1 aliphatic heterocycles. The fourth-order valence-corrected chi connectivity index (χ4v) is 1.90. The van der Waals surface area contributed by atoms with Crippen molar-refractivity contribution in [2.24, 2.45) is 5.73 Å². The molecule has 1 atom stereocenters. The third-order valence-electron chi connectivity index (χ3n) is 2.78. The van der Waals surface area contributed by atoms with Crippen molar-refractivity contribution in [3.05, 3.63) is 29.8 Å². The smallest absolute Gasteiger partial charge is 0.321 e. The van der Waals surface area contributed by atoms with E-state index in [1.165, 1.54) is 0 Å². The van der Waals surface area contributed by atoms with Gasteiger partial charge in [0.05, 0.1) is 0 Å². The Morgan fingerprint density at radius 1 is 1.56 bits per heavy atom. The first-order chi connectivity index (χ1) is 7.65. The lowest BCUT2D eigenvalue weighted by atomic mass is 10.2. The molecule has 0 spiro atoms. The van der Waals surface area contributed by atoms with Crippen molar-refractivity contribution in [1.82, 2.24) is 4.90 Å². The molecular formula is C12H17N3O. The molecule has 0 radical (unpaired) electrons. The van der Waals surface area contributed by atoms with Crippen molar-refractivity contribution in [1.29, 1.82) is 0 Å². The molecule has 0 unspecified atom stereocenters. The van der Waals surface area contributed by atoms with Crippen LogP contribution in [0.4, 0.5) is 10.5 Å². The number of hydrogen-bond donors (Lipinski definition) is 2. The Kier molecular flexibility index (Phi) is 3.10. The van der Waals surface area contributed by atoms with Crippen molar-refractivity contribution in [3.63, 3.8) is 0 Å².